The Balaban J connectivity index is 1.89. The number of aromatic nitrogens is 1. The molecule has 128 valence electrons. The van der Waals surface area contributed by atoms with Crippen LogP contribution >= 0.6 is 0 Å². The van der Waals surface area contributed by atoms with Crippen molar-refractivity contribution in [3.8, 4) is 11.5 Å². The number of ether oxygens (including phenoxy) is 2. The Bertz CT molecular complexity index is 682. The van der Waals surface area contributed by atoms with Gasteiger partial charge in [-0.25, -0.2) is 0 Å². The first-order chi connectivity index (χ1) is 11.6. The van der Waals surface area contributed by atoms with Gasteiger partial charge < -0.3 is 9.47 Å². The second-order valence-electron chi connectivity index (χ2n) is 7.14. The Morgan fingerprint density at radius 2 is 2.08 bits per heavy atom. The number of hydrogen-bond donors (Lipinski definition) is 0. The lowest BCUT2D eigenvalue weighted by molar-refractivity contribution is 0.279. The number of aryl methyl sites for hydroxylation is 1. The van der Waals surface area contributed by atoms with Crippen molar-refractivity contribution < 1.29 is 9.47 Å². The van der Waals surface area contributed by atoms with E-state index < -0.39 is 0 Å². The second-order valence-corrected chi connectivity index (χ2v) is 7.14. The van der Waals surface area contributed by atoms with Gasteiger partial charge in [-0.1, -0.05) is 26.8 Å². The van der Waals surface area contributed by atoms with Gasteiger partial charge in [-0.3, -0.25) is 4.98 Å². The van der Waals surface area contributed by atoms with E-state index in [-0.39, 0.29) is 0 Å². The lowest BCUT2D eigenvalue weighted by Crippen LogP contribution is -2.23. The summed E-state index contributed by atoms with van der Waals surface area (Å²) < 4.78 is 11.7. The van der Waals surface area contributed by atoms with Gasteiger partial charge in [-0.05, 0) is 59.9 Å². The number of fused-ring (bicyclic) bond motifs is 1. The van der Waals surface area contributed by atoms with Crippen molar-refractivity contribution in [2.24, 2.45) is 11.8 Å². The van der Waals surface area contributed by atoms with Crippen LogP contribution in [0, 0.1) is 11.8 Å². The standard InChI is InChI=1S/C21H27NO2/c1-14(2)21-15(3)7-8-17-10-20(19(23-4)11-18(17)21)24-13-16-6-5-9-22-12-16/h5-6,9-12,14-15,21H,7-8,13H2,1-4H3. The Kier molecular flexibility index (Phi) is 5.08. The van der Waals surface area contributed by atoms with Gasteiger partial charge in [0.1, 0.15) is 6.61 Å². The summed E-state index contributed by atoms with van der Waals surface area (Å²) in [5.74, 6) is 3.60. The molecule has 2 unspecified atom stereocenters. The van der Waals surface area contributed by atoms with Crippen LogP contribution in [0.15, 0.2) is 36.7 Å². The lowest BCUT2D eigenvalue weighted by atomic mass is 9.71. The van der Waals surface area contributed by atoms with Gasteiger partial charge in [0.2, 0.25) is 0 Å². The molecule has 3 rings (SSSR count). The average Bonchev–Trinajstić information content (AvgIpc) is 2.59. The van der Waals surface area contributed by atoms with E-state index in [1.807, 2.05) is 18.3 Å². The minimum absolute atomic E-state index is 0.507. The second kappa shape index (κ2) is 7.25. The first-order valence-corrected chi connectivity index (χ1v) is 8.82. The normalized spacial score (nSPS) is 19.9. The quantitative estimate of drug-likeness (QED) is 0.776. The minimum atomic E-state index is 0.507. The van der Waals surface area contributed by atoms with Crippen molar-refractivity contribution in [2.45, 2.75) is 46.1 Å². The number of rotatable bonds is 5. The number of pyridine rings is 1. The van der Waals surface area contributed by atoms with Crippen LogP contribution in [0.25, 0.3) is 0 Å². The van der Waals surface area contributed by atoms with Crippen molar-refractivity contribution in [1.29, 1.82) is 0 Å². The largest absolute Gasteiger partial charge is 0.493 e. The van der Waals surface area contributed by atoms with Gasteiger partial charge in [-0.15, -0.1) is 0 Å². The van der Waals surface area contributed by atoms with Crippen molar-refractivity contribution in [3.05, 3.63) is 53.3 Å². The van der Waals surface area contributed by atoms with E-state index in [4.69, 9.17) is 9.47 Å². The highest BCUT2D eigenvalue weighted by molar-refractivity contribution is 5.50. The predicted octanol–water partition coefficient (Wildman–Crippen LogP) is 4.99. The minimum Gasteiger partial charge on any atom is -0.493 e. The lowest BCUT2D eigenvalue weighted by Gasteiger charge is -2.35. The average molecular weight is 325 g/mol. The molecule has 0 amide bonds. The molecule has 3 nitrogen and oxygen atoms in total. The van der Waals surface area contributed by atoms with Gasteiger partial charge in [0.15, 0.2) is 11.5 Å². The zero-order chi connectivity index (χ0) is 17.1. The molecule has 0 saturated carbocycles. The fourth-order valence-corrected chi connectivity index (χ4v) is 3.95. The molecule has 1 aliphatic carbocycles. The fourth-order valence-electron chi connectivity index (χ4n) is 3.95. The SMILES string of the molecule is COc1cc2c(cc1OCc1cccnc1)CCC(C)C2C(C)C. The number of nitrogens with zero attached hydrogens (tertiary/aromatic N) is 1. The summed E-state index contributed by atoms with van der Waals surface area (Å²) in [6.07, 6.45) is 5.97. The molecule has 2 atom stereocenters. The van der Waals surface area contributed by atoms with Crippen LogP contribution in [0.3, 0.4) is 0 Å². The van der Waals surface area contributed by atoms with E-state index >= 15 is 0 Å². The summed E-state index contributed by atoms with van der Waals surface area (Å²) in [6.45, 7) is 7.50. The van der Waals surface area contributed by atoms with E-state index in [1.165, 1.54) is 17.5 Å². The molecule has 24 heavy (non-hydrogen) atoms. The maximum atomic E-state index is 6.04. The van der Waals surface area contributed by atoms with Crippen LogP contribution in [0.2, 0.25) is 0 Å². The molecule has 0 bridgehead atoms. The van der Waals surface area contributed by atoms with Gasteiger partial charge in [-0.2, -0.15) is 0 Å². The van der Waals surface area contributed by atoms with Gasteiger partial charge in [0.25, 0.3) is 0 Å². The van der Waals surface area contributed by atoms with Crippen LogP contribution in [0.1, 0.15) is 49.8 Å². The molecule has 2 aromatic rings. The third-order valence-corrected chi connectivity index (χ3v) is 5.10. The van der Waals surface area contributed by atoms with E-state index in [1.54, 1.807) is 13.3 Å². The van der Waals surface area contributed by atoms with Gasteiger partial charge >= 0.3 is 0 Å². The monoisotopic (exact) mass is 325 g/mol. The molecule has 0 spiro atoms. The summed E-state index contributed by atoms with van der Waals surface area (Å²) in [7, 11) is 1.72. The Morgan fingerprint density at radius 1 is 1.25 bits per heavy atom. The molecular formula is C21H27NO2. The topological polar surface area (TPSA) is 31.4 Å². The molecule has 1 aromatic carbocycles. The third-order valence-electron chi connectivity index (χ3n) is 5.10. The van der Waals surface area contributed by atoms with Gasteiger partial charge in [0.05, 0.1) is 7.11 Å². The highest BCUT2D eigenvalue weighted by Gasteiger charge is 2.30. The maximum Gasteiger partial charge on any atom is 0.161 e. The molecule has 1 heterocycles. The highest BCUT2D eigenvalue weighted by atomic mass is 16.5. The summed E-state index contributed by atoms with van der Waals surface area (Å²) in [4.78, 5) is 4.14. The molecular weight excluding hydrogens is 298 g/mol. The first kappa shape index (κ1) is 16.8. The number of benzene rings is 1. The number of methoxy groups -OCH3 is 1. The molecule has 0 radical (unpaired) electrons. The molecule has 0 aliphatic heterocycles. The van der Waals surface area contributed by atoms with E-state index in [0.717, 1.165) is 23.5 Å². The Morgan fingerprint density at radius 3 is 2.75 bits per heavy atom. The molecule has 0 N–H and O–H groups in total. The van der Waals surface area contributed by atoms with E-state index in [9.17, 15) is 0 Å². The first-order valence-electron chi connectivity index (χ1n) is 8.82. The van der Waals surface area contributed by atoms with Crippen LogP contribution in [0.4, 0.5) is 0 Å². The van der Waals surface area contributed by atoms with Crippen molar-refractivity contribution in [2.75, 3.05) is 7.11 Å². The van der Waals surface area contributed by atoms with Crippen LogP contribution in [-0.4, -0.2) is 12.1 Å². The van der Waals surface area contributed by atoms with Crippen LogP contribution < -0.4 is 9.47 Å². The Hall–Kier alpha value is -2.03. The maximum absolute atomic E-state index is 6.04. The van der Waals surface area contributed by atoms with Gasteiger partial charge in [0, 0.05) is 18.0 Å². The summed E-state index contributed by atoms with van der Waals surface area (Å²) >= 11 is 0. The molecule has 0 fully saturated rings. The molecule has 3 heteroatoms. The zero-order valence-electron chi connectivity index (χ0n) is 15.1. The van der Waals surface area contributed by atoms with Crippen molar-refractivity contribution in [3.63, 3.8) is 0 Å². The van der Waals surface area contributed by atoms with Crippen LogP contribution in [-0.2, 0) is 13.0 Å². The molecule has 0 saturated heterocycles. The zero-order valence-corrected chi connectivity index (χ0v) is 15.1. The van der Waals surface area contributed by atoms with Crippen molar-refractivity contribution in [1.82, 2.24) is 4.98 Å². The Labute approximate surface area is 145 Å². The molecule has 1 aromatic heterocycles. The molecule has 1 aliphatic rings. The predicted molar refractivity (Wildman–Crippen MR) is 96.6 cm³/mol. The van der Waals surface area contributed by atoms with E-state index in [2.05, 4.69) is 37.9 Å². The third kappa shape index (κ3) is 3.40. The van der Waals surface area contributed by atoms with Crippen molar-refractivity contribution >= 4 is 0 Å². The summed E-state index contributed by atoms with van der Waals surface area (Å²) in [5.41, 5.74) is 3.91. The number of hydrogen-bond acceptors (Lipinski definition) is 3. The van der Waals surface area contributed by atoms with Crippen LogP contribution in [0.5, 0.6) is 11.5 Å². The summed E-state index contributed by atoms with van der Waals surface area (Å²) in [6, 6.07) is 8.34. The summed E-state index contributed by atoms with van der Waals surface area (Å²) in [5, 5.41) is 0. The highest BCUT2D eigenvalue weighted by Crippen LogP contribution is 2.44. The fraction of sp³-hybridized carbons (Fsp3) is 0.476. The smallest absolute Gasteiger partial charge is 0.161 e. The van der Waals surface area contributed by atoms with E-state index in [0.29, 0.717) is 24.4 Å².